The molecule has 1 spiro atoms. The van der Waals surface area contributed by atoms with Crippen LogP contribution in [0.1, 0.15) is 59.3 Å². The molecule has 4 rings (SSSR count). The van der Waals surface area contributed by atoms with Gasteiger partial charge < -0.3 is 19.5 Å². The molecule has 4 aliphatic rings. The second-order valence-electron chi connectivity index (χ2n) is 9.44. The standard InChI is InChI=1S/C22H31NO7/c1-4-13-15(24)7-5-6-8-23-14(16-9-11(2)19(26)29-16)10-22(21(23)28)17(18(13)25)12(3)20(27)30-22/h11-14,16-18,25H,4-10H2,1-3H3/t11-,12+,13+,14-,16-,17-,18-,22-/m1/s1. The Morgan fingerprint density at radius 1 is 1.13 bits per heavy atom. The van der Waals surface area contributed by atoms with E-state index in [1.165, 1.54) is 0 Å². The summed E-state index contributed by atoms with van der Waals surface area (Å²) in [5.41, 5.74) is -1.50. The molecule has 4 fully saturated rings. The number of aliphatic hydroxyl groups excluding tert-OH is 1. The Morgan fingerprint density at radius 2 is 1.87 bits per heavy atom. The van der Waals surface area contributed by atoms with E-state index in [1.807, 2.05) is 6.92 Å². The molecule has 0 radical (unpaired) electrons. The molecule has 4 aliphatic heterocycles. The van der Waals surface area contributed by atoms with Gasteiger partial charge in [-0.2, -0.15) is 0 Å². The molecule has 166 valence electrons. The van der Waals surface area contributed by atoms with E-state index in [0.29, 0.717) is 38.6 Å². The van der Waals surface area contributed by atoms with Gasteiger partial charge >= 0.3 is 11.9 Å². The lowest BCUT2D eigenvalue weighted by atomic mass is 9.71. The van der Waals surface area contributed by atoms with E-state index in [2.05, 4.69) is 0 Å². The molecule has 0 aromatic carbocycles. The van der Waals surface area contributed by atoms with E-state index in [1.54, 1.807) is 18.7 Å². The summed E-state index contributed by atoms with van der Waals surface area (Å²) in [6.07, 6.45) is 1.11. The Bertz CT molecular complexity index is 767. The van der Waals surface area contributed by atoms with Gasteiger partial charge in [-0.15, -0.1) is 0 Å². The maximum Gasteiger partial charge on any atom is 0.310 e. The Morgan fingerprint density at radius 3 is 2.50 bits per heavy atom. The smallest absolute Gasteiger partial charge is 0.310 e. The molecule has 0 aliphatic carbocycles. The summed E-state index contributed by atoms with van der Waals surface area (Å²) < 4.78 is 11.3. The number of rotatable bonds is 2. The molecular weight excluding hydrogens is 390 g/mol. The Hall–Kier alpha value is -1.96. The van der Waals surface area contributed by atoms with Crippen molar-refractivity contribution in [1.29, 1.82) is 0 Å². The van der Waals surface area contributed by atoms with Crippen molar-refractivity contribution >= 4 is 23.6 Å². The largest absolute Gasteiger partial charge is 0.460 e. The first kappa shape index (κ1) is 21.3. The minimum absolute atomic E-state index is 0.0259. The molecule has 0 unspecified atom stereocenters. The third-order valence-electron chi connectivity index (χ3n) is 7.66. The van der Waals surface area contributed by atoms with E-state index in [-0.39, 0.29) is 30.0 Å². The quantitative estimate of drug-likeness (QED) is 0.668. The first-order valence-corrected chi connectivity index (χ1v) is 11.2. The number of nitrogens with zero attached hydrogens (tertiary/aromatic N) is 1. The molecule has 0 saturated carbocycles. The van der Waals surface area contributed by atoms with Crippen LogP contribution in [0.15, 0.2) is 0 Å². The van der Waals surface area contributed by atoms with Gasteiger partial charge in [0.1, 0.15) is 11.9 Å². The van der Waals surface area contributed by atoms with Gasteiger partial charge in [0.15, 0.2) is 5.60 Å². The highest BCUT2D eigenvalue weighted by Gasteiger charge is 2.68. The van der Waals surface area contributed by atoms with Crippen LogP contribution >= 0.6 is 0 Å². The normalized spacial score (nSPS) is 44.5. The van der Waals surface area contributed by atoms with Crippen LogP contribution in [0.3, 0.4) is 0 Å². The predicted molar refractivity (Wildman–Crippen MR) is 104 cm³/mol. The zero-order valence-corrected chi connectivity index (χ0v) is 17.8. The van der Waals surface area contributed by atoms with Crippen molar-refractivity contribution in [3.05, 3.63) is 0 Å². The molecule has 4 heterocycles. The van der Waals surface area contributed by atoms with Gasteiger partial charge in [-0.3, -0.25) is 19.2 Å². The number of hydrogen-bond donors (Lipinski definition) is 1. The van der Waals surface area contributed by atoms with E-state index in [9.17, 15) is 24.3 Å². The van der Waals surface area contributed by atoms with E-state index in [0.717, 1.165) is 0 Å². The lowest BCUT2D eigenvalue weighted by Crippen LogP contribution is -2.52. The Balaban J connectivity index is 1.76. The third-order valence-corrected chi connectivity index (χ3v) is 7.66. The van der Waals surface area contributed by atoms with Gasteiger partial charge in [-0.05, 0) is 25.7 Å². The van der Waals surface area contributed by atoms with Gasteiger partial charge in [0.05, 0.1) is 24.0 Å². The molecule has 0 aromatic rings. The number of ketones is 1. The summed E-state index contributed by atoms with van der Waals surface area (Å²) in [6, 6.07) is -0.394. The second-order valence-corrected chi connectivity index (χ2v) is 9.44. The summed E-state index contributed by atoms with van der Waals surface area (Å²) in [7, 11) is 0. The molecular formula is C22H31NO7. The average Bonchev–Trinajstić information content (AvgIpc) is 3.25. The number of cyclic esters (lactones) is 1. The SMILES string of the molecule is CC[C@H]1C(=O)CCCCN2C(=O)[C@]3(C[C@@H]2[C@H]2C[C@@H](C)C(=O)O2)OC(=O)[C@@H](C)[C@@H]3[C@@H]1O. The first-order chi connectivity index (χ1) is 14.2. The molecule has 8 atom stereocenters. The van der Waals surface area contributed by atoms with Crippen LogP contribution in [0.4, 0.5) is 0 Å². The van der Waals surface area contributed by atoms with Crippen molar-refractivity contribution in [3.8, 4) is 0 Å². The lowest BCUT2D eigenvalue weighted by molar-refractivity contribution is -0.164. The van der Waals surface area contributed by atoms with Crippen molar-refractivity contribution in [3.63, 3.8) is 0 Å². The highest BCUT2D eigenvalue weighted by molar-refractivity contribution is 5.95. The fourth-order valence-electron chi connectivity index (χ4n) is 6.00. The monoisotopic (exact) mass is 421 g/mol. The minimum atomic E-state index is -1.50. The van der Waals surface area contributed by atoms with Gasteiger partial charge in [-0.25, -0.2) is 0 Å². The molecule has 1 N–H and O–H groups in total. The first-order valence-electron chi connectivity index (χ1n) is 11.2. The van der Waals surface area contributed by atoms with Crippen LogP contribution in [0.5, 0.6) is 0 Å². The van der Waals surface area contributed by atoms with Crippen LogP contribution < -0.4 is 0 Å². The number of ether oxygens (including phenoxy) is 2. The molecule has 8 heteroatoms. The number of carbonyl (C=O) groups is 4. The molecule has 4 saturated heterocycles. The summed E-state index contributed by atoms with van der Waals surface area (Å²) >= 11 is 0. The number of amides is 1. The van der Waals surface area contributed by atoms with Gasteiger partial charge in [0.25, 0.3) is 5.91 Å². The summed E-state index contributed by atoms with van der Waals surface area (Å²) in [5.74, 6) is -3.52. The van der Waals surface area contributed by atoms with Crippen LogP contribution in [0.25, 0.3) is 0 Å². The highest BCUT2D eigenvalue weighted by Crippen LogP contribution is 2.51. The number of fused-ring (bicyclic) bond motifs is 1. The van der Waals surface area contributed by atoms with Gasteiger partial charge in [-0.1, -0.05) is 20.8 Å². The fourth-order valence-corrected chi connectivity index (χ4v) is 6.00. The van der Waals surface area contributed by atoms with E-state index in [4.69, 9.17) is 9.47 Å². The van der Waals surface area contributed by atoms with Crippen molar-refractivity contribution in [2.75, 3.05) is 6.54 Å². The second kappa shape index (κ2) is 7.62. The van der Waals surface area contributed by atoms with Crippen molar-refractivity contribution < 1.29 is 33.8 Å². The fraction of sp³-hybridized carbons (Fsp3) is 0.818. The third kappa shape index (κ3) is 3.06. The van der Waals surface area contributed by atoms with E-state index < -0.39 is 47.6 Å². The number of Topliss-reactive ketones (excluding diaryl/α,β-unsaturated/α-hetero) is 1. The molecule has 1 amide bonds. The zero-order valence-electron chi connectivity index (χ0n) is 17.8. The number of hydrogen-bond acceptors (Lipinski definition) is 7. The van der Waals surface area contributed by atoms with Crippen LogP contribution in [0, 0.1) is 23.7 Å². The molecule has 0 aromatic heterocycles. The molecule has 30 heavy (non-hydrogen) atoms. The predicted octanol–water partition coefficient (Wildman–Crippen LogP) is 1.23. The number of carbonyl (C=O) groups excluding carboxylic acids is 4. The maximum absolute atomic E-state index is 13.7. The summed E-state index contributed by atoms with van der Waals surface area (Å²) in [4.78, 5) is 52.8. The lowest BCUT2D eigenvalue weighted by Gasteiger charge is -2.34. The molecule has 8 nitrogen and oxygen atoms in total. The topological polar surface area (TPSA) is 110 Å². The summed E-state index contributed by atoms with van der Waals surface area (Å²) in [6.45, 7) is 5.71. The molecule has 2 bridgehead atoms. The van der Waals surface area contributed by atoms with Crippen molar-refractivity contribution in [1.82, 2.24) is 4.90 Å². The highest BCUT2D eigenvalue weighted by atomic mass is 16.6. The van der Waals surface area contributed by atoms with Crippen molar-refractivity contribution in [2.24, 2.45) is 23.7 Å². The Labute approximate surface area is 176 Å². The number of esters is 2. The number of aliphatic hydroxyl groups is 1. The zero-order chi connectivity index (χ0) is 21.8. The van der Waals surface area contributed by atoms with Crippen LogP contribution in [-0.4, -0.2) is 64.0 Å². The van der Waals surface area contributed by atoms with Crippen LogP contribution in [-0.2, 0) is 28.7 Å². The maximum atomic E-state index is 13.7. The Kier molecular flexibility index (Phi) is 5.41. The van der Waals surface area contributed by atoms with E-state index >= 15 is 0 Å². The van der Waals surface area contributed by atoms with Crippen molar-refractivity contribution in [2.45, 2.75) is 83.1 Å². The summed E-state index contributed by atoms with van der Waals surface area (Å²) in [5, 5.41) is 11.3. The van der Waals surface area contributed by atoms with Gasteiger partial charge in [0.2, 0.25) is 0 Å². The average molecular weight is 421 g/mol. The minimum Gasteiger partial charge on any atom is -0.460 e. The van der Waals surface area contributed by atoms with Gasteiger partial charge in [0, 0.05) is 31.2 Å². The van der Waals surface area contributed by atoms with Crippen LogP contribution in [0.2, 0.25) is 0 Å².